The van der Waals surface area contributed by atoms with Gasteiger partial charge in [-0.05, 0) is 19.3 Å². The first-order valence-electron chi connectivity index (χ1n) is 7.84. The average molecular weight is 380 g/mol. The molecule has 13 heteroatoms. The number of hydrogen-bond donors (Lipinski definition) is 4. The number of nitrogens with one attached hydrogen (secondary N) is 2. The summed E-state index contributed by atoms with van der Waals surface area (Å²) >= 11 is 0. The second-order valence-electron chi connectivity index (χ2n) is 6.28. The predicted octanol–water partition coefficient (Wildman–Crippen LogP) is -2.24. The molecule has 12 nitrogen and oxygen atoms in total. The molecule has 3 aliphatic rings. The van der Waals surface area contributed by atoms with Gasteiger partial charge in [0.15, 0.2) is 0 Å². The summed E-state index contributed by atoms with van der Waals surface area (Å²) in [4.78, 5) is 30.7. The molecule has 0 spiro atoms. The van der Waals surface area contributed by atoms with Crippen molar-refractivity contribution in [3.8, 4) is 0 Å². The zero-order valence-corrected chi connectivity index (χ0v) is 14.0. The Bertz CT molecular complexity index is 643. The molecule has 0 saturated carbocycles. The molecule has 142 valence electrons. The van der Waals surface area contributed by atoms with Crippen molar-refractivity contribution in [3.05, 3.63) is 0 Å². The SMILES string of the molecule is O=C(NOC[C@@H]1C[C@H](O)CN1)[C@@H]1CC[C@H]2CN1C(=O)N2OS(=O)(=O)O. The van der Waals surface area contributed by atoms with E-state index in [0.29, 0.717) is 30.9 Å². The van der Waals surface area contributed by atoms with Crippen LogP contribution in [0.4, 0.5) is 4.79 Å². The minimum absolute atomic E-state index is 0.0712. The van der Waals surface area contributed by atoms with E-state index in [-0.39, 0.29) is 19.2 Å². The van der Waals surface area contributed by atoms with Crippen LogP contribution in [0.3, 0.4) is 0 Å². The van der Waals surface area contributed by atoms with Gasteiger partial charge in [-0.15, -0.1) is 4.28 Å². The molecule has 0 aromatic carbocycles. The maximum atomic E-state index is 12.2. The van der Waals surface area contributed by atoms with Crippen molar-refractivity contribution in [3.63, 3.8) is 0 Å². The molecule has 0 aliphatic carbocycles. The summed E-state index contributed by atoms with van der Waals surface area (Å²) in [6, 6.07) is -2.25. The third-order valence-electron chi connectivity index (χ3n) is 4.46. The predicted molar refractivity (Wildman–Crippen MR) is 79.9 cm³/mol. The zero-order chi connectivity index (χ0) is 18.2. The number of hydroxylamine groups is 3. The largest absolute Gasteiger partial charge is 0.418 e. The Hall–Kier alpha value is -1.51. The summed E-state index contributed by atoms with van der Waals surface area (Å²) in [5.74, 6) is -0.529. The van der Waals surface area contributed by atoms with Gasteiger partial charge in [0.25, 0.3) is 5.91 Å². The molecule has 4 N–H and O–H groups in total. The van der Waals surface area contributed by atoms with Crippen LogP contribution in [0.15, 0.2) is 0 Å². The summed E-state index contributed by atoms with van der Waals surface area (Å²) in [6.45, 7) is 0.755. The van der Waals surface area contributed by atoms with Crippen molar-refractivity contribution < 1.29 is 36.8 Å². The summed E-state index contributed by atoms with van der Waals surface area (Å²) in [7, 11) is -4.82. The lowest BCUT2D eigenvalue weighted by Crippen LogP contribution is -2.50. The number of carbonyl (C=O) groups excluding carboxylic acids is 2. The monoisotopic (exact) mass is 380 g/mol. The fraction of sp³-hybridized carbons (Fsp3) is 0.833. The molecule has 3 heterocycles. The smallest absolute Gasteiger partial charge is 0.392 e. The number of amides is 3. The number of aliphatic hydroxyl groups excluding tert-OH is 1. The summed E-state index contributed by atoms with van der Waals surface area (Å²) in [5, 5.41) is 13.0. The van der Waals surface area contributed by atoms with E-state index in [0.717, 1.165) is 0 Å². The second kappa shape index (κ2) is 7.01. The highest BCUT2D eigenvalue weighted by Gasteiger charge is 2.49. The molecular weight excluding hydrogens is 360 g/mol. The number of fused-ring (bicyclic) bond motifs is 2. The van der Waals surface area contributed by atoms with Crippen LogP contribution in [0.5, 0.6) is 0 Å². The number of urea groups is 1. The highest BCUT2D eigenvalue weighted by atomic mass is 32.3. The molecular formula is C12H20N4O8S. The van der Waals surface area contributed by atoms with Crippen LogP contribution in [-0.4, -0.2) is 83.9 Å². The van der Waals surface area contributed by atoms with Gasteiger partial charge in [0.05, 0.1) is 18.8 Å². The Morgan fingerprint density at radius 3 is 2.80 bits per heavy atom. The maximum Gasteiger partial charge on any atom is 0.418 e. The molecule has 4 atom stereocenters. The quantitative estimate of drug-likeness (QED) is 0.295. The lowest BCUT2D eigenvalue weighted by molar-refractivity contribution is -0.139. The number of nitrogens with zero attached hydrogens (tertiary/aromatic N) is 2. The molecule has 3 aliphatic heterocycles. The topological polar surface area (TPSA) is 158 Å². The standard InChI is InChI=1S/C12H20N4O8S/c17-9-3-7(13-4-9)6-23-14-11(18)10-2-1-8-5-15(10)12(19)16(8)24-25(20,21)22/h7-10,13,17H,1-6H2,(H,14,18)(H,20,21,22)/t7-,8-,9-,10-/m0/s1. The first-order valence-corrected chi connectivity index (χ1v) is 9.21. The minimum Gasteiger partial charge on any atom is -0.392 e. The van der Waals surface area contributed by atoms with Crippen molar-refractivity contribution in [2.24, 2.45) is 0 Å². The van der Waals surface area contributed by atoms with Crippen LogP contribution >= 0.6 is 0 Å². The number of β-amino-alcohol motifs (C(OH)–C–C–N with tert-alkyl or cyclic N) is 1. The minimum atomic E-state index is -4.82. The Labute approximate surface area is 143 Å². The molecule has 25 heavy (non-hydrogen) atoms. The van der Waals surface area contributed by atoms with Crippen molar-refractivity contribution in [2.75, 3.05) is 19.7 Å². The first kappa shape index (κ1) is 18.3. The van der Waals surface area contributed by atoms with Gasteiger partial charge < -0.3 is 15.3 Å². The van der Waals surface area contributed by atoms with Crippen LogP contribution in [0, 0.1) is 0 Å². The fourth-order valence-corrected chi connectivity index (χ4v) is 3.70. The van der Waals surface area contributed by atoms with Crippen molar-refractivity contribution in [1.82, 2.24) is 20.8 Å². The van der Waals surface area contributed by atoms with Crippen molar-refractivity contribution >= 4 is 22.3 Å². The van der Waals surface area contributed by atoms with Crippen LogP contribution in [0.25, 0.3) is 0 Å². The lowest BCUT2D eigenvalue weighted by Gasteiger charge is -2.29. The van der Waals surface area contributed by atoms with Gasteiger partial charge in [-0.3, -0.25) is 14.2 Å². The van der Waals surface area contributed by atoms with E-state index in [1.54, 1.807) is 0 Å². The van der Waals surface area contributed by atoms with E-state index in [1.807, 2.05) is 0 Å². The van der Waals surface area contributed by atoms with Gasteiger partial charge in [-0.25, -0.2) is 10.3 Å². The van der Waals surface area contributed by atoms with Crippen LogP contribution in [0.2, 0.25) is 0 Å². The van der Waals surface area contributed by atoms with Crippen LogP contribution < -0.4 is 10.8 Å². The van der Waals surface area contributed by atoms with Crippen LogP contribution in [0.1, 0.15) is 19.3 Å². The van der Waals surface area contributed by atoms with Crippen molar-refractivity contribution in [1.29, 1.82) is 0 Å². The Kier molecular flexibility index (Phi) is 5.13. The molecule has 0 aromatic heterocycles. The van der Waals surface area contributed by atoms with E-state index in [2.05, 4.69) is 15.1 Å². The van der Waals surface area contributed by atoms with Gasteiger partial charge in [-0.2, -0.15) is 13.5 Å². The molecule has 3 saturated heterocycles. The van der Waals surface area contributed by atoms with E-state index in [9.17, 15) is 23.1 Å². The number of aliphatic hydroxyl groups is 1. The number of carbonyl (C=O) groups is 2. The Balaban J connectivity index is 1.52. The van der Waals surface area contributed by atoms with Gasteiger partial charge in [-0.1, -0.05) is 0 Å². The number of hydrogen-bond acceptors (Lipinski definition) is 8. The van der Waals surface area contributed by atoms with Crippen LogP contribution in [-0.2, 0) is 24.3 Å². The Morgan fingerprint density at radius 2 is 2.16 bits per heavy atom. The van der Waals surface area contributed by atoms with E-state index < -0.39 is 40.5 Å². The number of rotatable bonds is 6. The van der Waals surface area contributed by atoms with E-state index >= 15 is 0 Å². The molecule has 3 rings (SSSR count). The maximum absolute atomic E-state index is 12.2. The van der Waals surface area contributed by atoms with E-state index in [1.165, 1.54) is 4.90 Å². The molecule has 0 radical (unpaired) electrons. The molecule has 0 unspecified atom stereocenters. The lowest BCUT2D eigenvalue weighted by atomic mass is 10.0. The van der Waals surface area contributed by atoms with Gasteiger partial charge >= 0.3 is 16.4 Å². The van der Waals surface area contributed by atoms with Gasteiger partial charge in [0.2, 0.25) is 0 Å². The van der Waals surface area contributed by atoms with Gasteiger partial charge in [0.1, 0.15) is 6.04 Å². The summed E-state index contributed by atoms with van der Waals surface area (Å²) in [6.07, 6.45) is 0.729. The highest BCUT2D eigenvalue weighted by Crippen LogP contribution is 2.30. The molecule has 3 amide bonds. The number of piperidine rings is 1. The zero-order valence-electron chi connectivity index (χ0n) is 13.2. The Morgan fingerprint density at radius 1 is 1.40 bits per heavy atom. The van der Waals surface area contributed by atoms with Crippen molar-refractivity contribution in [2.45, 2.75) is 43.5 Å². The first-order chi connectivity index (χ1) is 11.7. The molecule has 2 bridgehead atoms. The normalized spacial score (nSPS) is 32.3. The fourth-order valence-electron chi connectivity index (χ4n) is 3.31. The highest BCUT2D eigenvalue weighted by molar-refractivity contribution is 7.80. The average Bonchev–Trinajstić information content (AvgIpc) is 3.04. The molecule has 0 aromatic rings. The van der Waals surface area contributed by atoms with E-state index in [4.69, 9.17) is 9.39 Å². The third-order valence-corrected chi connectivity index (χ3v) is 4.81. The van der Waals surface area contributed by atoms with Gasteiger partial charge in [0, 0.05) is 19.1 Å². The second-order valence-corrected chi connectivity index (χ2v) is 7.29. The third kappa shape index (κ3) is 4.19. The molecule has 3 fully saturated rings. The summed E-state index contributed by atoms with van der Waals surface area (Å²) < 4.78 is 34.7. The summed E-state index contributed by atoms with van der Waals surface area (Å²) in [5.41, 5.74) is 2.28.